The van der Waals surface area contributed by atoms with Crippen LogP contribution in [0, 0.1) is 5.41 Å². The van der Waals surface area contributed by atoms with Gasteiger partial charge in [-0.1, -0.05) is 20.8 Å². The smallest absolute Gasteiger partial charge is 0.0684 e. The van der Waals surface area contributed by atoms with E-state index in [4.69, 9.17) is 28.7 Å². The molecular weight excluding hydrogens is 739 g/mol. The molecule has 0 heterocycles. The molecule has 15 nitrogen and oxygen atoms in total. The molecule has 350 valence electrons. The van der Waals surface area contributed by atoms with Crippen molar-refractivity contribution >= 4 is 0 Å². The first-order chi connectivity index (χ1) is 25.9. The lowest BCUT2D eigenvalue weighted by atomic mass is 9.89. The molecule has 0 aromatic rings. The molecule has 0 amide bonds. The summed E-state index contributed by atoms with van der Waals surface area (Å²) in [5, 5.41) is 66.7. The topological polar surface area (TPSA) is 264 Å². The summed E-state index contributed by atoms with van der Waals surface area (Å²) in [6, 6.07) is 0. The Bertz CT molecular complexity index is 874. The fourth-order valence-corrected chi connectivity index (χ4v) is 7.87. The van der Waals surface area contributed by atoms with Gasteiger partial charge >= 0.3 is 0 Å². The normalized spacial score (nSPS) is 17.4. The van der Waals surface area contributed by atoms with Gasteiger partial charge in [0.25, 0.3) is 0 Å². The quantitative estimate of drug-likeness (QED) is 0.0439. The molecule has 6 atom stereocenters. The highest BCUT2D eigenvalue weighted by molar-refractivity contribution is 4.85. The van der Waals surface area contributed by atoms with Crippen molar-refractivity contribution in [3.63, 3.8) is 0 Å². The highest BCUT2D eigenvalue weighted by Crippen LogP contribution is 2.22. The molecule has 0 aromatic heterocycles. The van der Waals surface area contributed by atoms with E-state index in [0.717, 1.165) is 0 Å². The van der Waals surface area contributed by atoms with Gasteiger partial charge in [-0.25, -0.2) is 0 Å². The number of hydrogen-bond donors (Lipinski definition) is 11. The summed E-state index contributed by atoms with van der Waals surface area (Å²) in [6.45, 7) is 30.4. The molecule has 0 aliphatic rings. The number of nitrogens with two attached hydrogens (primary N) is 5. The number of aliphatic hydroxyl groups is 6. The molecule has 6 unspecified atom stereocenters. The van der Waals surface area contributed by atoms with Crippen LogP contribution in [0.5, 0.6) is 0 Å². The van der Waals surface area contributed by atoms with E-state index in [1.165, 1.54) is 0 Å². The van der Waals surface area contributed by atoms with E-state index in [2.05, 4.69) is 40.4 Å². The second-order valence-corrected chi connectivity index (χ2v) is 22.8. The van der Waals surface area contributed by atoms with Crippen LogP contribution in [0.4, 0.5) is 0 Å². The molecule has 16 N–H and O–H groups in total. The summed E-state index contributed by atoms with van der Waals surface area (Å²) in [7, 11) is 0. The maximum atomic E-state index is 11.2. The Hall–Kier alpha value is -0.600. The molecular formula is C43H97N9O6. The molecule has 0 saturated heterocycles. The second kappa shape index (κ2) is 24.9. The van der Waals surface area contributed by atoms with Gasteiger partial charge in [0.15, 0.2) is 0 Å². The molecule has 0 aliphatic carbocycles. The number of nitrogens with zero attached hydrogens (tertiary/aromatic N) is 4. The van der Waals surface area contributed by atoms with Gasteiger partial charge in [0, 0.05) is 106 Å². The van der Waals surface area contributed by atoms with Crippen LogP contribution >= 0.6 is 0 Å². The Morgan fingerprint density at radius 1 is 0.293 bits per heavy atom. The van der Waals surface area contributed by atoms with E-state index in [1.54, 1.807) is 0 Å². The molecule has 0 radical (unpaired) electrons. The van der Waals surface area contributed by atoms with Crippen molar-refractivity contribution in [1.82, 2.24) is 19.6 Å². The zero-order valence-corrected chi connectivity index (χ0v) is 39.6. The number of hydrogen-bond acceptors (Lipinski definition) is 15. The van der Waals surface area contributed by atoms with Crippen molar-refractivity contribution in [3.05, 3.63) is 0 Å². The monoisotopic (exact) mass is 836 g/mol. The van der Waals surface area contributed by atoms with E-state index < -0.39 is 64.3 Å². The third-order valence-corrected chi connectivity index (χ3v) is 9.67. The fraction of sp³-hybridized carbons (Fsp3) is 1.00. The standard InChI is InChI=1S/C43H97N9O6/c1-38(2,3)20-32(53)26-50(27-33(54)21-39(4,5)44)17-14-49(15-18-51(28-34(55)22-40(6,7)45)29-35(56)23-41(8,9)46)16-19-52(30-36(57)24-42(10,11)47)31-37(58)25-43(12,13)48/h32-37,53-58H,14-31,44-48H2,1-13H3. The summed E-state index contributed by atoms with van der Waals surface area (Å²) in [5.74, 6) is 0. The predicted octanol–water partition coefficient (Wildman–Crippen LogP) is 0.433. The largest absolute Gasteiger partial charge is 0.392 e. The Morgan fingerprint density at radius 3 is 0.603 bits per heavy atom. The molecule has 0 aliphatic heterocycles. The van der Waals surface area contributed by atoms with Crippen LogP contribution in [0.3, 0.4) is 0 Å². The first-order valence-electron chi connectivity index (χ1n) is 21.8. The average Bonchev–Trinajstić information content (AvgIpc) is 2.89. The SMILES string of the molecule is CC(C)(C)CC(O)CN(CCN(CCN(CC(O)CC(C)(C)N)CC(O)CC(C)(C)N)CCN(CC(O)CC(C)(C)N)CC(O)CC(C)(C)N)CC(O)CC(C)(C)N. The van der Waals surface area contributed by atoms with Crippen LogP contribution in [-0.2, 0) is 0 Å². The maximum Gasteiger partial charge on any atom is 0.0684 e. The summed E-state index contributed by atoms with van der Waals surface area (Å²) in [6.07, 6.45) is -1.58. The van der Waals surface area contributed by atoms with Gasteiger partial charge in [0.1, 0.15) is 0 Å². The van der Waals surface area contributed by atoms with Crippen LogP contribution in [0.15, 0.2) is 0 Å². The van der Waals surface area contributed by atoms with Crippen LogP contribution in [0.2, 0.25) is 0 Å². The highest BCUT2D eigenvalue weighted by atomic mass is 16.3. The van der Waals surface area contributed by atoms with Crippen LogP contribution in [0.1, 0.15) is 129 Å². The van der Waals surface area contributed by atoms with Gasteiger partial charge in [-0.3, -0.25) is 19.6 Å². The summed E-state index contributed by atoms with van der Waals surface area (Å²) in [4.78, 5) is 8.53. The van der Waals surface area contributed by atoms with Crippen LogP contribution in [0.25, 0.3) is 0 Å². The van der Waals surface area contributed by atoms with Crippen molar-refractivity contribution < 1.29 is 30.6 Å². The minimum Gasteiger partial charge on any atom is -0.392 e. The van der Waals surface area contributed by atoms with Gasteiger partial charge in [0.2, 0.25) is 0 Å². The van der Waals surface area contributed by atoms with Gasteiger partial charge in [-0.2, -0.15) is 0 Å². The first kappa shape index (κ1) is 57.4. The lowest BCUT2D eigenvalue weighted by Crippen LogP contribution is -2.50. The fourth-order valence-electron chi connectivity index (χ4n) is 7.87. The third-order valence-electron chi connectivity index (χ3n) is 9.67. The van der Waals surface area contributed by atoms with Crippen molar-refractivity contribution in [2.24, 2.45) is 34.1 Å². The Morgan fingerprint density at radius 2 is 0.448 bits per heavy atom. The van der Waals surface area contributed by atoms with E-state index >= 15 is 0 Å². The summed E-state index contributed by atoms with van der Waals surface area (Å²) < 4.78 is 0. The van der Waals surface area contributed by atoms with Crippen molar-refractivity contribution in [3.8, 4) is 0 Å². The van der Waals surface area contributed by atoms with Crippen molar-refractivity contribution in [2.45, 2.75) is 193 Å². The first-order valence-corrected chi connectivity index (χ1v) is 21.8. The highest BCUT2D eigenvalue weighted by Gasteiger charge is 2.28. The zero-order valence-electron chi connectivity index (χ0n) is 39.6. The van der Waals surface area contributed by atoms with Gasteiger partial charge in [0.05, 0.1) is 36.6 Å². The van der Waals surface area contributed by atoms with Gasteiger partial charge in [-0.15, -0.1) is 0 Å². The average molecular weight is 836 g/mol. The Balaban J connectivity index is 6.64. The minimum absolute atomic E-state index is 0.0807. The lowest BCUT2D eigenvalue weighted by Gasteiger charge is -2.36. The van der Waals surface area contributed by atoms with E-state index in [9.17, 15) is 30.6 Å². The lowest BCUT2D eigenvalue weighted by molar-refractivity contribution is 0.0288. The predicted molar refractivity (Wildman–Crippen MR) is 240 cm³/mol. The van der Waals surface area contributed by atoms with Crippen LogP contribution in [-0.4, -0.2) is 193 Å². The molecule has 0 spiro atoms. The maximum absolute atomic E-state index is 11.2. The molecule has 0 aromatic carbocycles. The second-order valence-electron chi connectivity index (χ2n) is 22.8. The van der Waals surface area contributed by atoms with Crippen molar-refractivity contribution in [2.75, 3.05) is 78.5 Å². The molecule has 0 fully saturated rings. The van der Waals surface area contributed by atoms with Crippen molar-refractivity contribution in [1.29, 1.82) is 0 Å². The van der Waals surface area contributed by atoms with Crippen LogP contribution < -0.4 is 28.7 Å². The molecule has 15 heteroatoms. The number of rotatable bonds is 32. The summed E-state index contributed by atoms with van der Waals surface area (Å²) >= 11 is 0. The number of aliphatic hydroxyl groups excluding tert-OH is 6. The molecule has 0 rings (SSSR count). The van der Waals surface area contributed by atoms with Gasteiger partial charge < -0.3 is 59.3 Å². The minimum atomic E-state index is -0.711. The van der Waals surface area contributed by atoms with E-state index in [0.29, 0.717) is 117 Å². The Labute approximate surface area is 355 Å². The van der Waals surface area contributed by atoms with Gasteiger partial charge in [-0.05, 0) is 113 Å². The third kappa shape index (κ3) is 35.0. The van der Waals surface area contributed by atoms with E-state index in [1.807, 2.05) is 69.2 Å². The van der Waals surface area contributed by atoms with E-state index in [-0.39, 0.29) is 5.41 Å². The molecule has 58 heavy (non-hydrogen) atoms. The zero-order chi connectivity index (χ0) is 45.5. The Kier molecular flexibility index (Phi) is 24.6. The molecule has 0 bridgehead atoms. The summed E-state index contributed by atoms with van der Waals surface area (Å²) in [5.41, 5.74) is 28.4. The molecule has 0 saturated carbocycles.